The number of hydrogen-bond acceptors (Lipinski definition) is 7. The van der Waals surface area contributed by atoms with Crippen LogP contribution in [0.5, 0.6) is 5.75 Å². The SMILES string of the molecule is N#Cc1ccc(CN2CC[C@H](NC(=O)c3ccc(C(=O)N4CCC(Oc5ccc(C#N)cc5)CC4)nc3)[C@@H](F)C2)cc1. The molecule has 3 aromatic rings. The Morgan fingerprint density at radius 2 is 1.60 bits per heavy atom. The molecule has 2 amide bonds. The summed E-state index contributed by atoms with van der Waals surface area (Å²) in [6.45, 7) is 2.45. The number of aromatic nitrogens is 1. The fraction of sp³-hybridized carbons (Fsp3) is 0.344. The van der Waals surface area contributed by atoms with Crippen LogP contribution in [0.2, 0.25) is 0 Å². The highest BCUT2D eigenvalue weighted by molar-refractivity contribution is 5.96. The second kappa shape index (κ2) is 13.2. The van der Waals surface area contributed by atoms with E-state index in [0.29, 0.717) is 62.3 Å². The van der Waals surface area contributed by atoms with E-state index >= 15 is 0 Å². The van der Waals surface area contributed by atoms with Crippen LogP contribution in [0.1, 0.15) is 56.8 Å². The minimum Gasteiger partial charge on any atom is -0.490 e. The first kappa shape index (κ1) is 28.7. The monoisotopic (exact) mass is 566 g/mol. The second-order valence-electron chi connectivity index (χ2n) is 10.6. The molecular formula is C32H31FN6O3. The highest BCUT2D eigenvalue weighted by Crippen LogP contribution is 2.21. The quantitative estimate of drug-likeness (QED) is 0.461. The summed E-state index contributed by atoms with van der Waals surface area (Å²) in [5.74, 6) is 0.0646. The third kappa shape index (κ3) is 7.09. The first-order valence-electron chi connectivity index (χ1n) is 14.0. The fourth-order valence-electron chi connectivity index (χ4n) is 5.26. The molecule has 3 heterocycles. The smallest absolute Gasteiger partial charge is 0.272 e. The van der Waals surface area contributed by atoms with Gasteiger partial charge in [-0.3, -0.25) is 19.5 Å². The van der Waals surface area contributed by atoms with Crippen LogP contribution in [0.15, 0.2) is 66.9 Å². The Morgan fingerprint density at radius 3 is 2.19 bits per heavy atom. The highest BCUT2D eigenvalue weighted by Gasteiger charge is 2.31. The molecule has 2 fully saturated rings. The number of nitrogens with zero attached hydrogens (tertiary/aromatic N) is 5. The van der Waals surface area contributed by atoms with E-state index in [9.17, 15) is 14.0 Å². The number of likely N-dealkylation sites (tertiary alicyclic amines) is 2. The van der Waals surface area contributed by atoms with Crippen molar-refractivity contribution in [2.75, 3.05) is 26.2 Å². The van der Waals surface area contributed by atoms with Gasteiger partial charge in [0, 0.05) is 51.8 Å². The molecule has 2 aromatic carbocycles. The number of halogens is 1. The van der Waals surface area contributed by atoms with Gasteiger partial charge in [0.2, 0.25) is 0 Å². The summed E-state index contributed by atoms with van der Waals surface area (Å²) >= 11 is 0. The van der Waals surface area contributed by atoms with Crippen LogP contribution < -0.4 is 10.1 Å². The summed E-state index contributed by atoms with van der Waals surface area (Å²) in [4.78, 5) is 33.8. The average molecular weight is 567 g/mol. The van der Waals surface area contributed by atoms with Crippen molar-refractivity contribution in [3.63, 3.8) is 0 Å². The Hall–Kier alpha value is -4.80. The van der Waals surface area contributed by atoms with E-state index in [4.69, 9.17) is 15.3 Å². The molecule has 214 valence electrons. The van der Waals surface area contributed by atoms with Crippen molar-refractivity contribution in [3.8, 4) is 17.9 Å². The van der Waals surface area contributed by atoms with Crippen molar-refractivity contribution in [1.29, 1.82) is 10.5 Å². The van der Waals surface area contributed by atoms with Crippen molar-refractivity contribution in [3.05, 3.63) is 94.8 Å². The molecular weight excluding hydrogens is 535 g/mol. The normalized spacial score (nSPS) is 19.4. The molecule has 2 atom stereocenters. The molecule has 0 saturated carbocycles. The van der Waals surface area contributed by atoms with Crippen molar-refractivity contribution >= 4 is 11.8 Å². The summed E-state index contributed by atoms with van der Waals surface area (Å²) < 4.78 is 21.0. The predicted molar refractivity (Wildman–Crippen MR) is 152 cm³/mol. The summed E-state index contributed by atoms with van der Waals surface area (Å²) in [5, 5.41) is 20.7. The predicted octanol–water partition coefficient (Wildman–Crippen LogP) is 3.85. The minimum absolute atomic E-state index is 0.0248. The molecule has 2 saturated heterocycles. The Morgan fingerprint density at radius 1 is 0.929 bits per heavy atom. The van der Waals surface area contributed by atoms with Crippen LogP contribution in [0.25, 0.3) is 0 Å². The molecule has 5 rings (SSSR count). The molecule has 0 spiro atoms. The van der Waals surface area contributed by atoms with Crippen LogP contribution in [0.4, 0.5) is 4.39 Å². The molecule has 10 heteroatoms. The van der Waals surface area contributed by atoms with E-state index < -0.39 is 18.1 Å². The van der Waals surface area contributed by atoms with Gasteiger partial charge in [-0.25, -0.2) is 4.39 Å². The van der Waals surface area contributed by atoms with Crippen LogP contribution in [-0.2, 0) is 6.54 Å². The number of nitriles is 2. The number of nitrogens with one attached hydrogen (secondary N) is 1. The molecule has 0 bridgehead atoms. The Bertz CT molecular complexity index is 1470. The number of ether oxygens (including phenoxy) is 1. The van der Waals surface area contributed by atoms with Gasteiger partial charge in [-0.2, -0.15) is 10.5 Å². The maximum absolute atomic E-state index is 15.0. The second-order valence-corrected chi connectivity index (χ2v) is 10.6. The lowest BCUT2D eigenvalue weighted by atomic mass is 10.0. The van der Waals surface area contributed by atoms with Gasteiger partial charge in [-0.15, -0.1) is 0 Å². The Labute approximate surface area is 244 Å². The number of amides is 2. The fourth-order valence-corrected chi connectivity index (χ4v) is 5.26. The molecule has 42 heavy (non-hydrogen) atoms. The zero-order valence-electron chi connectivity index (χ0n) is 23.1. The van der Waals surface area contributed by atoms with Crippen LogP contribution >= 0.6 is 0 Å². The van der Waals surface area contributed by atoms with E-state index in [2.05, 4.69) is 22.4 Å². The lowest BCUT2D eigenvalue weighted by molar-refractivity contribution is 0.0589. The van der Waals surface area contributed by atoms with Gasteiger partial charge in [0.15, 0.2) is 0 Å². The summed E-state index contributed by atoms with van der Waals surface area (Å²) in [6, 6.07) is 20.8. The largest absolute Gasteiger partial charge is 0.490 e. The summed E-state index contributed by atoms with van der Waals surface area (Å²) in [6.07, 6.45) is 1.92. The molecule has 1 N–H and O–H groups in total. The van der Waals surface area contributed by atoms with Gasteiger partial charge in [0.1, 0.15) is 23.7 Å². The van der Waals surface area contributed by atoms with Crippen LogP contribution in [-0.4, -0.2) is 71.1 Å². The van der Waals surface area contributed by atoms with Crippen LogP contribution in [0.3, 0.4) is 0 Å². The van der Waals surface area contributed by atoms with Gasteiger partial charge >= 0.3 is 0 Å². The van der Waals surface area contributed by atoms with Gasteiger partial charge in [-0.1, -0.05) is 12.1 Å². The van der Waals surface area contributed by atoms with Crippen molar-refractivity contribution in [1.82, 2.24) is 20.1 Å². The Balaban J connectivity index is 1.07. The maximum atomic E-state index is 15.0. The zero-order chi connectivity index (χ0) is 29.5. The van der Waals surface area contributed by atoms with E-state index in [0.717, 1.165) is 5.56 Å². The third-order valence-electron chi connectivity index (χ3n) is 7.69. The van der Waals surface area contributed by atoms with Gasteiger partial charge in [0.25, 0.3) is 11.8 Å². The van der Waals surface area contributed by atoms with Crippen molar-refractivity contribution in [2.24, 2.45) is 0 Å². The third-order valence-corrected chi connectivity index (χ3v) is 7.69. The number of alkyl halides is 1. The first-order chi connectivity index (χ1) is 20.4. The lowest BCUT2D eigenvalue weighted by Crippen LogP contribution is -2.52. The zero-order valence-corrected chi connectivity index (χ0v) is 23.1. The topological polar surface area (TPSA) is 122 Å². The standard InChI is InChI=1S/C32H31FN6O3/c33-28-21-38(20-24-3-1-22(17-34)2-4-24)14-13-29(28)37-31(40)25-7-10-30(36-19-25)32(41)39-15-11-27(12-16-39)42-26-8-5-23(18-35)6-9-26/h1-10,19,27-29H,11-16,20-21H2,(H,37,40)/t28-,29-/m0/s1. The number of carbonyl (C=O) groups is 2. The van der Waals surface area contributed by atoms with Gasteiger partial charge in [0.05, 0.1) is 34.9 Å². The van der Waals surface area contributed by atoms with Gasteiger partial charge < -0.3 is 15.0 Å². The average Bonchev–Trinajstić information content (AvgIpc) is 3.03. The van der Waals surface area contributed by atoms with E-state index in [1.54, 1.807) is 47.4 Å². The van der Waals surface area contributed by atoms with E-state index in [1.165, 1.54) is 12.3 Å². The molecule has 0 aliphatic carbocycles. The Kier molecular flexibility index (Phi) is 9.05. The number of carbonyl (C=O) groups excluding carboxylic acids is 2. The van der Waals surface area contributed by atoms with Crippen molar-refractivity contribution in [2.45, 2.75) is 44.1 Å². The number of rotatable bonds is 7. The lowest BCUT2D eigenvalue weighted by Gasteiger charge is -2.35. The number of benzene rings is 2. The molecule has 9 nitrogen and oxygen atoms in total. The highest BCUT2D eigenvalue weighted by atomic mass is 19.1. The molecule has 2 aliphatic heterocycles. The van der Waals surface area contributed by atoms with E-state index in [1.807, 2.05) is 17.0 Å². The van der Waals surface area contributed by atoms with Gasteiger partial charge in [-0.05, 0) is 60.5 Å². The molecule has 2 aliphatic rings. The van der Waals surface area contributed by atoms with Crippen LogP contribution in [0, 0.1) is 22.7 Å². The number of hydrogen-bond donors (Lipinski definition) is 1. The number of pyridine rings is 1. The van der Waals surface area contributed by atoms with E-state index in [-0.39, 0.29) is 29.8 Å². The summed E-state index contributed by atoms with van der Waals surface area (Å²) in [7, 11) is 0. The minimum atomic E-state index is -1.22. The molecule has 0 unspecified atom stereocenters. The first-order valence-corrected chi connectivity index (χ1v) is 14.0. The van der Waals surface area contributed by atoms with Crippen molar-refractivity contribution < 1.29 is 18.7 Å². The molecule has 0 radical (unpaired) electrons. The summed E-state index contributed by atoms with van der Waals surface area (Å²) in [5.41, 5.74) is 2.68. The molecule has 1 aromatic heterocycles. The maximum Gasteiger partial charge on any atom is 0.272 e. The number of piperidine rings is 2.